The lowest BCUT2D eigenvalue weighted by atomic mass is 10.1. The van der Waals surface area contributed by atoms with Gasteiger partial charge in [0.15, 0.2) is 0 Å². The van der Waals surface area contributed by atoms with Crippen molar-refractivity contribution >= 4 is 17.5 Å². The molecule has 0 aromatic heterocycles. The predicted octanol–water partition coefficient (Wildman–Crippen LogP) is 10.4. The van der Waals surface area contributed by atoms with E-state index in [4.69, 9.17) is 0 Å². The number of unbranched alkanes of at least 4 members (excludes halogenated alkanes) is 12. The molecular weight excluding hydrogens is 552 g/mol. The lowest BCUT2D eigenvalue weighted by molar-refractivity contribution is 0.372. The summed E-state index contributed by atoms with van der Waals surface area (Å²) in [4.78, 5) is 21.1. The highest BCUT2D eigenvalue weighted by Crippen LogP contribution is 2.16. The third kappa shape index (κ3) is 18.4. The van der Waals surface area contributed by atoms with Crippen molar-refractivity contribution in [1.82, 2.24) is 14.7 Å². The van der Waals surface area contributed by atoms with Gasteiger partial charge in [0.2, 0.25) is 0 Å². The SMILES string of the molecule is CCCCCC1=NCCN1C(C)C.CCCCCCCC1=NCCN1C(C)C.CCCCCCCCCC1=NCCN1C(C)C. The van der Waals surface area contributed by atoms with Crippen LogP contribution in [0.4, 0.5) is 0 Å². The van der Waals surface area contributed by atoms with E-state index in [1.54, 1.807) is 0 Å². The summed E-state index contributed by atoms with van der Waals surface area (Å²) in [5.74, 6) is 4.08. The Bertz CT molecular complexity index is 799. The van der Waals surface area contributed by atoms with Gasteiger partial charge in [-0.25, -0.2) is 0 Å². The quantitative estimate of drug-likeness (QED) is 0.119. The summed E-state index contributed by atoms with van der Waals surface area (Å²) < 4.78 is 0. The maximum absolute atomic E-state index is 4.63. The van der Waals surface area contributed by atoms with E-state index in [9.17, 15) is 0 Å². The van der Waals surface area contributed by atoms with Crippen molar-refractivity contribution in [2.24, 2.45) is 15.0 Å². The van der Waals surface area contributed by atoms with Gasteiger partial charge in [0.25, 0.3) is 0 Å². The predicted molar refractivity (Wildman–Crippen MR) is 203 cm³/mol. The van der Waals surface area contributed by atoms with E-state index >= 15 is 0 Å². The molecule has 6 heteroatoms. The molecule has 0 spiro atoms. The number of nitrogens with zero attached hydrogens (tertiary/aromatic N) is 6. The molecule has 0 bridgehead atoms. The molecule has 264 valence electrons. The molecule has 3 rings (SSSR count). The average Bonchev–Trinajstić information content (AvgIpc) is 3.79. The zero-order chi connectivity index (χ0) is 33.3. The van der Waals surface area contributed by atoms with Gasteiger partial charge >= 0.3 is 0 Å². The first-order valence-electron chi connectivity index (χ1n) is 19.7. The van der Waals surface area contributed by atoms with E-state index in [1.165, 1.54) is 133 Å². The summed E-state index contributed by atoms with van der Waals surface area (Å²) in [6.07, 6.45) is 24.1. The fourth-order valence-corrected chi connectivity index (χ4v) is 6.52. The topological polar surface area (TPSA) is 46.8 Å². The van der Waals surface area contributed by atoms with Crippen molar-refractivity contribution in [3.05, 3.63) is 0 Å². The number of hydrogen-bond acceptors (Lipinski definition) is 6. The fraction of sp³-hybridized carbons (Fsp3) is 0.923. The third-order valence-corrected chi connectivity index (χ3v) is 9.28. The van der Waals surface area contributed by atoms with E-state index in [-0.39, 0.29) is 0 Å². The minimum atomic E-state index is 0.626. The van der Waals surface area contributed by atoms with Crippen molar-refractivity contribution in [2.75, 3.05) is 39.3 Å². The van der Waals surface area contributed by atoms with Crippen molar-refractivity contribution in [2.45, 2.75) is 196 Å². The Morgan fingerprint density at radius 2 is 0.644 bits per heavy atom. The highest BCUT2D eigenvalue weighted by molar-refractivity contribution is 5.84. The van der Waals surface area contributed by atoms with Crippen LogP contribution >= 0.6 is 0 Å². The van der Waals surface area contributed by atoms with Crippen molar-refractivity contribution in [3.63, 3.8) is 0 Å². The molecule has 0 aliphatic carbocycles. The van der Waals surface area contributed by atoms with Crippen LogP contribution in [0.2, 0.25) is 0 Å². The fourth-order valence-electron chi connectivity index (χ4n) is 6.52. The van der Waals surface area contributed by atoms with Crippen LogP contribution in [-0.2, 0) is 0 Å². The van der Waals surface area contributed by atoms with E-state index < -0.39 is 0 Å². The van der Waals surface area contributed by atoms with Gasteiger partial charge in [-0.15, -0.1) is 0 Å². The molecule has 0 fully saturated rings. The lowest BCUT2D eigenvalue weighted by Crippen LogP contribution is -2.34. The van der Waals surface area contributed by atoms with Gasteiger partial charge in [0.1, 0.15) is 0 Å². The maximum Gasteiger partial charge on any atom is 0.0992 e. The van der Waals surface area contributed by atoms with E-state index in [1.807, 2.05) is 0 Å². The first-order valence-corrected chi connectivity index (χ1v) is 19.7. The molecule has 0 aromatic rings. The molecule has 3 aliphatic rings. The molecule has 45 heavy (non-hydrogen) atoms. The molecule has 0 amide bonds. The molecule has 0 saturated carbocycles. The van der Waals surface area contributed by atoms with Gasteiger partial charge in [-0.05, 0) is 60.8 Å². The van der Waals surface area contributed by atoms with Gasteiger partial charge in [-0.1, -0.05) is 97.8 Å². The Kier molecular flexibility index (Phi) is 24.4. The van der Waals surface area contributed by atoms with Crippen LogP contribution in [0.1, 0.15) is 178 Å². The second-order valence-corrected chi connectivity index (χ2v) is 14.2. The van der Waals surface area contributed by atoms with Crippen molar-refractivity contribution in [1.29, 1.82) is 0 Å². The second-order valence-electron chi connectivity index (χ2n) is 14.2. The van der Waals surface area contributed by atoms with Crippen LogP contribution in [-0.4, -0.2) is 89.6 Å². The first kappa shape index (κ1) is 41.4. The van der Waals surface area contributed by atoms with Crippen LogP contribution in [0, 0.1) is 0 Å². The summed E-state index contributed by atoms with van der Waals surface area (Å²) in [6.45, 7) is 26.8. The highest BCUT2D eigenvalue weighted by Gasteiger charge is 2.20. The van der Waals surface area contributed by atoms with Gasteiger partial charge < -0.3 is 14.7 Å². The van der Waals surface area contributed by atoms with Crippen LogP contribution < -0.4 is 0 Å². The number of amidine groups is 3. The smallest absolute Gasteiger partial charge is 0.0992 e. The molecule has 6 nitrogen and oxygen atoms in total. The largest absolute Gasteiger partial charge is 0.356 e. The molecule has 3 heterocycles. The van der Waals surface area contributed by atoms with E-state index in [0.29, 0.717) is 18.1 Å². The minimum Gasteiger partial charge on any atom is -0.356 e. The minimum absolute atomic E-state index is 0.626. The molecule has 0 saturated heterocycles. The number of hydrogen-bond donors (Lipinski definition) is 0. The molecule has 3 aliphatic heterocycles. The summed E-state index contributed by atoms with van der Waals surface area (Å²) in [5, 5.41) is 0. The molecule has 0 aromatic carbocycles. The van der Waals surface area contributed by atoms with Gasteiger partial charge in [0.05, 0.1) is 37.1 Å². The molecule has 0 unspecified atom stereocenters. The molecule has 0 radical (unpaired) electrons. The lowest BCUT2D eigenvalue weighted by Gasteiger charge is -2.24. The number of aliphatic imine (C=N–C) groups is 3. The van der Waals surface area contributed by atoms with Gasteiger partial charge in [-0.3, -0.25) is 15.0 Å². The second kappa shape index (κ2) is 26.5. The average molecular weight is 631 g/mol. The Hall–Kier alpha value is -1.59. The van der Waals surface area contributed by atoms with Crippen LogP contribution in [0.25, 0.3) is 0 Å². The van der Waals surface area contributed by atoms with Crippen molar-refractivity contribution < 1.29 is 0 Å². The zero-order valence-electron chi connectivity index (χ0n) is 31.9. The van der Waals surface area contributed by atoms with Crippen LogP contribution in [0.5, 0.6) is 0 Å². The molecular formula is C39H78N6. The Balaban J connectivity index is 0.000000341. The Labute approximate surface area is 282 Å². The summed E-state index contributed by atoms with van der Waals surface area (Å²) in [5.41, 5.74) is 0. The summed E-state index contributed by atoms with van der Waals surface area (Å²) in [7, 11) is 0. The zero-order valence-corrected chi connectivity index (χ0v) is 31.9. The standard InChI is InChI=1S/C15H30N2.C13H26N2.C11H22N2/c1-4-5-6-7-8-9-10-11-15-16-12-13-17(15)14(2)3;1-4-5-6-7-8-9-13-14-10-11-15(13)12(2)3;1-4-5-6-7-11-12-8-9-13(11)10(2)3/h14H,4-13H2,1-3H3;12H,4-11H2,1-3H3;10H,4-9H2,1-3H3. The molecule has 0 N–H and O–H groups in total. The normalized spacial score (nSPS) is 16.3. The molecule has 0 atom stereocenters. The van der Waals surface area contributed by atoms with Gasteiger partial charge in [-0.2, -0.15) is 0 Å². The van der Waals surface area contributed by atoms with Crippen molar-refractivity contribution in [3.8, 4) is 0 Å². The van der Waals surface area contributed by atoms with Gasteiger partial charge in [0, 0.05) is 57.0 Å². The highest BCUT2D eigenvalue weighted by atomic mass is 15.3. The van der Waals surface area contributed by atoms with Crippen LogP contribution in [0.15, 0.2) is 15.0 Å². The Morgan fingerprint density at radius 3 is 0.933 bits per heavy atom. The van der Waals surface area contributed by atoms with Crippen LogP contribution in [0.3, 0.4) is 0 Å². The monoisotopic (exact) mass is 631 g/mol. The number of rotatable bonds is 21. The van der Waals surface area contributed by atoms with E-state index in [2.05, 4.69) is 92.0 Å². The maximum atomic E-state index is 4.63. The first-order chi connectivity index (χ1) is 21.8. The van der Waals surface area contributed by atoms with E-state index in [0.717, 1.165) is 39.3 Å². The summed E-state index contributed by atoms with van der Waals surface area (Å²) in [6, 6.07) is 1.88. The Morgan fingerprint density at radius 1 is 0.400 bits per heavy atom. The summed E-state index contributed by atoms with van der Waals surface area (Å²) >= 11 is 0. The third-order valence-electron chi connectivity index (χ3n) is 9.28.